The molecule has 0 atom stereocenters. The van der Waals surface area contributed by atoms with Crippen LogP contribution < -0.4 is 10.3 Å². The second-order valence-corrected chi connectivity index (χ2v) is 3.85. The zero-order valence-corrected chi connectivity index (χ0v) is 10.0. The SMILES string of the molecule is COc1ccccc1Cc1n[nH]c(=S)[nH]c1=O. The van der Waals surface area contributed by atoms with Gasteiger partial charge in [0.2, 0.25) is 0 Å². The van der Waals surface area contributed by atoms with Crippen LogP contribution in [0.1, 0.15) is 11.3 Å². The zero-order valence-electron chi connectivity index (χ0n) is 9.19. The molecule has 0 fully saturated rings. The van der Waals surface area contributed by atoms with Crippen molar-refractivity contribution in [2.24, 2.45) is 0 Å². The van der Waals surface area contributed by atoms with Gasteiger partial charge in [0.25, 0.3) is 5.56 Å². The van der Waals surface area contributed by atoms with Crippen molar-refractivity contribution in [2.75, 3.05) is 7.11 Å². The molecule has 0 aliphatic heterocycles. The van der Waals surface area contributed by atoms with E-state index in [4.69, 9.17) is 17.0 Å². The second kappa shape index (κ2) is 4.92. The molecule has 5 nitrogen and oxygen atoms in total. The molecule has 2 N–H and O–H groups in total. The summed E-state index contributed by atoms with van der Waals surface area (Å²) in [6, 6.07) is 7.49. The molecule has 1 heterocycles. The number of nitrogens with zero attached hydrogens (tertiary/aromatic N) is 1. The van der Waals surface area contributed by atoms with Crippen molar-refractivity contribution in [3.63, 3.8) is 0 Å². The van der Waals surface area contributed by atoms with Gasteiger partial charge in [0, 0.05) is 12.0 Å². The first-order chi connectivity index (χ1) is 8.20. The predicted octanol–water partition coefficient (Wildman–Crippen LogP) is 1.43. The van der Waals surface area contributed by atoms with Crippen molar-refractivity contribution in [2.45, 2.75) is 6.42 Å². The lowest BCUT2D eigenvalue weighted by Gasteiger charge is -2.06. The molecule has 2 rings (SSSR count). The van der Waals surface area contributed by atoms with Gasteiger partial charge in [-0.2, -0.15) is 5.10 Å². The third-order valence-electron chi connectivity index (χ3n) is 2.33. The molecule has 0 unspecified atom stereocenters. The van der Waals surface area contributed by atoms with Gasteiger partial charge in [-0.25, -0.2) is 0 Å². The van der Waals surface area contributed by atoms with Crippen molar-refractivity contribution < 1.29 is 4.74 Å². The maximum atomic E-state index is 11.6. The third-order valence-corrected chi connectivity index (χ3v) is 2.53. The van der Waals surface area contributed by atoms with Crippen LogP contribution in [-0.4, -0.2) is 22.3 Å². The number of nitrogens with one attached hydrogen (secondary N) is 2. The summed E-state index contributed by atoms with van der Waals surface area (Å²) in [6.07, 6.45) is 0.394. The molecule has 17 heavy (non-hydrogen) atoms. The van der Waals surface area contributed by atoms with Gasteiger partial charge in [0.15, 0.2) is 4.77 Å². The molecule has 1 aromatic heterocycles. The number of ether oxygens (including phenoxy) is 1. The summed E-state index contributed by atoms with van der Waals surface area (Å²) >= 11 is 4.77. The lowest BCUT2D eigenvalue weighted by Crippen LogP contribution is -2.17. The Balaban J connectivity index is 2.38. The predicted molar refractivity (Wildman–Crippen MR) is 65.8 cm³/mol. The standard InChI is InChI=1S/C11H11N3O2S/c1-16-9-5-3-2-4-7(9)6-8-10(15)12-11(17)14-13-8/h2-5H,6H2,1H3,(H2,12,14,15,17). The van der Waals surface area contributed by atoms with Crippen molar-refractivity contribution in [3.05, 3.63) is 50.6 Å². The highest BCUT2D eigenvalue weighted by atomic mass is 32.1. The Labute approximate surface area is 102 Å². The lowest BCUT2D eigenvalue weighted by molar-refractivity contribution is 0.410. The summed E-state index contributed by atoms with van der Waals surface area (Å²) in [7, 11) is 1.59. The number of para-hydroxylation sites is 1. The van der Waals surface area contributed by atoms with E-state index in [1.165, 1.54) is 0 Å². The van der Waals surface area contributed by atoms with Gasteiger partial charge in [0.05, 0.1) is 7.11 Å². The quantitative estimate of drug-likeness (QED) is 0.807. The van der Waals surface area contributed by atoms with Gasteiger partial charge in [-0.1, -0.05) is 18.2 Å². The van der Waals surface area contributed by atoms with Gasteiger partial charge >= 0.3 is 0 Å². The fourth-order valence-electron chi connectivity index (χ4n) is 1.52. The summed E-state index contributed by atoms with van der Waals surface area (Å²) in [6.45, 7) is 0. The number of hydrogen-bond donors (Lipinski definition) is 2. The number of benzene rings is 1. The van der Waals surface area contributed by atoms with E-state index in [0.29, 0.717) is 12.1 Å². The molecule has 0 aliphatic carbocycles. The molecule has 0 amide bonds. The fourth-order valence-corrected chi connectivity index (χ4v) is 1.66. The molecule has 0 radical (unpaired) electrons. The van der Waals surface area contributed by atoms with Crippen LogP contribution >= 0.6 is 12.2 Å². The first-order valence-electron chi connectivity index (χ1n) is 5.00. The number of methoxy groups -OCH3 is 1. The van der Waals surface area contributed by atoms with Gasteiger partial charge in [-0.05, 0) is 18.3 Å². The van der Waals surface area contributed by atoms with Crippen LogP contribution in [-0.2, 0) is 6.42 Å². The Morgan fingerprint density at radius 2 is 2.18 bits per heavy atom. The number of H-pyrrole nitrogens is 2. The summed E-state index contributed by atoms with van der Waals surface area (Å²) < 4.78 is 5.43. The largest absolute Gasteiger partial charge is 0.496 e. The van der Waals surface area contributed by atoms with Crippen LogP contribution in [0.15, 0.2) is 29.1 Å². The van der Waals surface area contributed by atoms with Crippen LogP contribution in [0.3, 0.4) is 0 Å². The minimum atomic E-state index is -0.278. The van der Waals surface area contributed by atoms with Gasteiger partial charge in [0.1, 0.15) is 11.4 Å². The molecule has 0 bridgehead atoms. The molecule has 6 heteroatoms. The molecule has 1 aromatic carbocycles. The highest BCUT2D eigenvalue weighted by Crippen LogP contribution is 2.18. The molecule has 0 spiro atoms. The van der Waals surface area contributed by atoms with Gasteiger partial charge in [-0.15, -0.1) is 0 Å². The fraction of sp³-hybridized carbons (Fsp3) is 0.182. The van der Waals surface area contributed by atoms with E-state index in [9.17, 15) is 4.79 Å². The Hall–Kier alpha value is -1.95. The minimum absolute atomic E-state index is 0.221. The maximum absolute atomic E-state index is 11.6. The molecular formula is C11H11N3O2S. The summed E-state index contributed by atoms with van der Waals surface area (Å²) in [4.78, 5) is 14.1. The smallest absolute Gasteiger partial charge is 0.273 e. The first kappa shape index (κ1) is 11.5. The molecule has 2 aromatic rings. The number of hydrogen-bond acceptors (Lipinski definition) is 4. The van der Waals surface area contributed by atoms with Crippen LogP contribution in [0.2, 0.25) is 0 Å². The van der Waals surface area contributed by atoms with Gasteiger partial charge in [-0.3, -0.25) is 14.9 Å². The maximum Gasteiger partial charge on any atom is 0.273 e. The molecule has 0 saturated carbocycles. The topological polar surface area (TPSA) is 70.8 Å². The highest BCUT2D eigenvalue weighted by Gasteiger charge is 2.07. The summed E-state index contributed by atoms with van der Waals surface area (Å²) in [5, 5.41) is 6.49. The monoisotopic (exact) mass is 249 g/mol. The number of aromatic amines is 2. The third kappa shape index (κ3) is 2.59. The van der Waals surface area contributed by atoms with Crippen molar-refractivity contribution in [1.29, 1.82) is 0 Å². The molecule has 88 valence electrons. The van der Waals surface area contributed by atoms with Gasteiger partial charge < -0.3 is 4.74 Å². The van der Waals surface area contributed by atoms with E-state index >= 15 is 0 Å². The normalized spacial score (nSPS) is 10.2. The molecule has 0 saturated heterocycles. The summed E-state index contributed by atoms with van der Waals surface area (Å²) in [5.41, 5.74) is 1.00. The highest BCUT2D eigenvalue weighted by molar-refractivity contribution is 7.71. The Kier molecular flexibility index (Phi) is 3.34. The average molecular weight is 249 g/mol. The van der Waals surface area contributed by atoms with Crippen LogP contribution in [0.4, 0.5) is 0 Å². The Morgan fingerprint density at radius 3 is 2.88 bits per heavy atom. The lowest BCUT2D eigenvalue weighted by atomic mass is 10.1. The average Bonchev–Trinajstić information content (AvgIpc) is 2.33. The van der Waals surface area contributed by atoms with Crippen molar-refractivity contribution in [1.82, 2.24) is 15.2 Å². The molecular weight excluding hydrogens is 238 g/mol. The minimum Gasteiger partial charge on any atom is -0.496 e. The molecule has 0 aliphatic rings. The van der Waals surface area contributed by atoms with Crippen LogP contribution in [0.25, 0.3) is 0 Å². The first-order valence-corrected chi connectivity index (χ1v) is 5.41. The van der Waals surface area contributed by atoms with E-state index < -0.39 is 0 Å². The number of rotatable bonds is 3. The Bertz CT molecular complexity index is 633. The summed E-state index contributed by atoms with van der Waals surface area (Å²) in [5.74, 6) is 0.733. The van der Waals surface area contributed by atoms with Crippen LogP contribution in [0, 0.1) is 4.77 Å². The number of aromatic nitrogens is 3. The second-order valence-electron chi connectivity index (χ2n) is 3.44. The van der Waals surface area contributed by atoms with E-state index in [-0.39, 0.29) is 10.3 Å². The van der Waals surface area contributed by atoms with Crippen molar-refractivity contribution >= 4 is 12.2 Å². The van der Waals surface area contributed by atoms with Crippen LogP contribution in [0.5, 0.6) is 5.75 Å². The van der Waals surface area contributed by atoms with E-state index in [1.54, 1.807) is 7.11 Å². The van der Waals surface area contributed by atoms with E-state index in [1.807, 2.05) is 24.3 Å². The van der Waals surface area contributed by atoms with Crippen molar-refractivity contribution in [3.8, 4) is 5.75 Å². The van der Waals surface area contributed by atoms with E-state index in [2.05, 4.69) is 15.2 Å². The Morgan fingerprint density at radius 1 is 1.41 bits per heavy atom. The zero-order chi connectivity index (χ0) is 12.3. The van der Waals surface area contributed by atoms with E-state index in [0.717, 1.165) is 11.3 Å².